The highest BCUT2D eigenvalue weighted by Crippen LogP contribution is 2.37. The van der Waals surface area contributed by atoms with Crippen LogP contribution in [0.1, 0.15) is 10.6 Å². The van der Waals surface area contributed by atoms with E-state index in [-0.39, 0.29) is 5.39 Å². The molecule has 1 N–H and O–H groups in total. The molecule has 0 aliphatic rings. The second-order valence-electron chi connectivity index (χ2n) is 5.02. The van der Waals surface area contributed by atoms with Gasteiger partial charge in [-0.25, -0.2) is 9.59 Å². The third-order valence-corrected chi connectivity index (χ3v) is 3.69. The van der Waals surface area contributed by atoms with Crippen LogP contribution in [0.3, 0.4) is 0 Å². The van der Waals surface area contributed by atoms with Crippen molar-refractivity contribution in [1.82, 2.24) is 0 Å². The molecule has 3 rings (SSSR count). The van der Waals surface area contributed by atoms with E-state index in [0.717, 1.165) is 0 Å². The molecule has 0 unspecified atom stereocenters. The lowest BCUT2D eigenvalue weighted by Gasteiger charge is -2.13. The summed E-state index contributed by atoms with van der Waals surface area (Å²) in [4.78, 5) is 23.8. The summed E-state index contributed by atoms with van der Waals surface area (Å²) in [7, 11) is 2.92. The predicted molar refractivity (Wildman–Crippen MR) is 88.0 cm³/mol. The maximum absolute atomic E-state index is 12.2. The zero-order valence-corrected chi connectivity index (χ0v) is 13.0. The molecule has 2 aromatic carbocycles. The lowest BCUT2D eigenvalue weighted by Crippen LogP contribution is -2.10. The number of benzene rings is 2. The van der Waals surface area contributed by atoms with Gasteiger partial charge in [0.05, 0.1) is 19.6 Å². The number of rotatable bonds is 4. The minimum Gasteiger partial charge on any atom is -0.493 e. The number of aromatic carboxylic acids is 1. The maximum atomic E-state index is 12.2. The van der Waals surface area contributed by atoms with Crippen LogP contribution in [0.4, 0.5) is 0 Å². The molecule has 0 radical (unpaired) electrons. The van der Waals surface area contributed by atoms with Crippen LogP contribution < -0.4 is 15.1 Å². The summed E-state index contributed by atoms with van der Waals surface area (Å²) < 4.78 is 15.5. The Kier molecular flexibility index (Phi) is 3.95. The van der Waals surface area contributed by atoms with Crippen molar-refractivity contribution >= 4 is 16.7 Å². The van der Waals surface area contributed by atoms with E-state index in [1.54, 1.807) is 30.3 Å². The highest BCUT2D eigenvalue weighted by molar-refractivity contribution is 6.05. The Labute approximate surface area is 136 Å². The Morgan fingerprint density at radius 1 is 1.00 bits per heavy atom. The van der Waals surface area contributed by atoms with E-state index in [9.17, 15) is 14.7 Å². The van der Waals surface area contributed by atoms with Gasteiger partial charge in [0, 0.05) is 10.9 Å². The van der Waals surface area contributed by atoms with Crippen LogP contribution in [-0.2, 0) is 0 Å². The van der Waals surface area contributed by atoms with Gasteiger partial charge < -0.3 is 19.0 Å². The molecule has 122 valence electrons. The minimum absolute atomic E-state index is 0.219. The van der Waals surface area contributed by atoms with Crippen molar-refractivity contribution in [3.05, 3.63) is 58.6 Å². The Morgan fingerprint density at radius 2 is 1.58 bits per heavy atom. The molecule has 0 spiro atoms. The summed E-state index contributed by atoms with van der Waals surface area (Å²) >= 11 is 0. The first-order valence-corrected chi connectivity index (χ1v) is 7.08. The van der Waals surface area contributed by atoms with Crippen LogP contribution in [0.5, 0.6) is 11.5 Å². The first-order chi connectivity index (χ1) is 11.6. The Morgan fingerprint density at radius 3 is 2.12 bits per heavy atom. The highest BCUT2D eigenvalue weighted by atomic mass is 16.5. The maximum Gasteiger partial charge on any atom is 0.372 e. The van der Waals surface area contributed by atoms with E-state index in [1.807, 2.05) is 6.07 Å². The normalized spacial score (nSPS) is 10.6. The molecule has 0 atom stereocenters. The highest BCUT2D eigenvalue weighted by Gasteiger charge is 2.22. The van der Waals surface area contributed by atoms with E-state index in [0.29, 0.717) is 28.0 Å². The number of ether oxygens (including phenoxy) is 2. The first kappa shape index (κ1) is 15.6. The standard InChI is InChI=1S/C18H14O6/c1-22-13-8-11-12(9-14(13)23-2)18(21)24-16(17(19)20)15(11)10-6-4-3-5-7-10/h3-9H,1-2H3,(H,19,20). The molecular formula is C18H14O6. The van der Waals surface area contributed by atoms with Gasteiger partial charge in [0.1, 0.15) is 0 Å². The van der Waals surface area contributed by atoms with Crippen molar-refractivity contribution < 1.29 is 23.8 Å². The molecule has 0 fully saturated rings. The van der Waals surface area contributed by atoms with E-state index in [1.165, 1.54) is 20.3 Å². The predicted octanol–water partition coefficient (Wildman–Crippen LogP) is 3.18. The molecule has 0 amide bonds. The Bertz CT molecular complexity index is 972. The van der Waals surface area contributed by atoms with Crippen molar-refractivity contribution in [3.8, 4) is 22.6 Å². The number of carbonyl (C=O) groups is 1. The molecule has 6 heteroatoms. The first-order valence-electron chi connectivity index (χ1n) is 7.08. The number of hydrogen-bond donors (Lipinski definition) is 1. The molecule has 1 aromatic heterocycles. The van der Waals surface area contributed by atoms with Gasteiger partial charge in [-0.3, -0.25) is 0 Å². The quantitative estimate of drug-likeness (QED) is 0.792. The number of carboxylic acids is 1. The molecule has 0 aliphatic carbocycles. The topological polar surface area (TPSA) is 86.0 Å². The van der Waals surface area contributed by atoms with Crippen molar-refractivity contribution in [2.75, 3.05) is 14.2 Å². The van der Waals surface area contributed by atoms with E-state index in [2.05, 4.69) is 0 Å². The fourth-order valence-corrected chi connectivity index (χ4v) is 2.62. The molecule has 0 saturated heterocycles. The zero-order chi connectivity index (χ0) is 17.3. The summed E-state index contributed by atoms with van der Waals surface area (Å²) in [6, 6.07) is 11.9. The van der Waals surface area contributed by atoms with Crippen LogP contribution in [-0.4, -0.2) is 25.3 Å². The van der Waals surface area contributed by atoms with Crippen LogP contribution in [0.15, 0.2) is 51.7 Å². The average Bonchev–Trinajstić information content (AvgIpc) is 2.61. The second kappa shape index (κ2) is 6.08. The fourth-order valence-electron chi connectivity index (χ4n) is 2.62. The van der Waals surface area contributed by atoms with Crippen molar-refractivity contribution in [3.63, 3.8) is 0 Å². The molecular weight excluding hydrogens is 312 g/mol. The van der Waals surface area contributed by atoms with Gasteiger partial charge in [-0.05, 0) is 17.7 Å². The fraction of sp³-hybridized carbons (Fsp3) is 0.111. The molecule has 1 heterocycles. The number of hydrogen-bond acceptors (Lipinski definition) is 5. The Hall–Kier alpha value is -3.28. The molecule has 0 bridgehead atoms. The molecule has 0 saturated carbocycles. The largest absolute Gasteiger partial charge is 0.493 e. The van der Waals surface area contributed by atoms with Crippen LogP contribution in [0, 0.1) is 0 Å². The lowest BCUT2D eigenvalue weighted by atomic mass is 9.98. The van der Waals surface area contributed by atoms with Gasteiger partial charge >= 0.3 is 11.6 Å². The van der Waals surface area contributed by atoms with Crippen LogP contribution in [0.2, 0.25) is 0 Å². The Balaban J connectivity index is 2.50. The summed E-state index contributed by atoms with van der Waals surface area (Å²) in [6.45, 7) is 0. The van der Waals surface area contributed by atoms with Gasteiger partial charge in [0.25, 0.3) is 0 Å². The average molecular weight is 326 g/mol. The van der Waals surface area contributed by atoms with Crippen molar-refractivity contribution in [2.24, 2.45) is 0 Å². The van der Waals surface area contributed by atoms with Gasteiger partial charge in [-0.2, -0.15) is 0 Å². The van der Waals surface area contributed by atoms with E-state index >= 15 is 0 Å². The smallest absolute Gasteiger partial charge is 0.372 e. The van der Waals surface area contributed by atoms with E-state index < -0.39 is 17.4 Å². The van der Waals surface area contributed by atoms with Crippen LogP contribution >= 0.6 is 0 Å². The molecule has 3 aromatic rings. The van der Waals surface area contributed by atoms with Crippen molar-refractivity contribution in [1.29, 1.82) is 0 Å². The molecule has 6 nitrogen and oxygen atoms in total. The van der Waals surface area contributed by atoms with Crippen molar-refractivity contribution in [2.45, 2.75) is 0 Å². The molecule has 24 heavy (non-hydrogen) atoms. The van der Waals surface area contributed by atoms with Gasteiger partial charge in [-0.1, -0.05) is 30.3 Å². The monoisotopic (exact) mass is 326 g/mol. The number of methoxy groups -OCH3 is 2. The third-order valence-electron chi connectivity index (χ3n) is 3.69. The van der Waals surface area contributed by atoms with E-state index in [4.69, 9.17) is 13.9 Å². The lowest BCUT2D eigenvalue weighted by molar-refractivity contribution is 0.0659. The summed E-state index contributed by atoms with van der Waals surface area (Å²) in [5.41, 5.74) is 0.192. The second-order valence-corrected chi connectivity index (χ2v) is 5.02. The van der Waals surface area contributed by atoms with Gasteiger partial charge in [-0.15, -0.1) is 0 Å². The minimum atomic E-state index is -1.32. The number of fused-ring (bicyclic) bond motifs is 1. The summed E-state index contributed by atoms with van der Waals surface area (Å²) in [6.07, 6.45) is 0. The third kappa shape index (κ3) is 2.48. The van der Waals surface area contributed by atoms with Gasteiger partial charge in [0.15, 0.2) is 11.5 Å². The summed E-state index contributed by atoms with van der Waals surface area (Å²) in [5.74, 6) is -0.975. The SMILES string of the molecule is COc1cc2c(-c3ccccc3)c(C(=O)O)oc(=O)c2cc1OC. The molecule has 0 aliphatic heterocycles. The zero-order valence-electron chi connectivity index (χ0n) is 13.0. The van der Waals surface area contributed by atoms with Crippen LogP contribution in [0.25, 0.3) is 21.9 Å². The summed E-state index contributed by atoms with van der Waals surface area (Å²) in [5, 5.41) is 10.1. The van der Waals surface area contributed by atoms with Gasteiger partial charge in [0.2, 0.25) is 5.76 Å². The number of carboxylic acid groups (broad SMARTS) is 1.